The summed E-state index contributed by atoms with van der Waals surface area (Å²) in [5.74, 6) is -1.43. The lowest BCUT2D eigenvalue weighted by Gasteiger charge is -2.25. The molecule has 0 radical (unpaired) electrons. The Hall–Kier alpha value is -3.68. The number of hydrogen-bond acceptors (Lipinski definition) is 6. The molecule has 1 aromatic carbocycles. The molecular weight excluding hydrogens is 536 g/mol. The van der Waals surface area contributed by atoms with Crippen LogP contribution in [0.15, 0.2) is 33.9 Å². The zero-order chi connectivity index (χ0) is 29.4. The van der Waals surface area contributed by atoms with Gasteiger partial charge in [0.2, 0.25) is 5.95 Å². The summed E-state index contributed by atoms with van der Waals surface area (Å²) in [7, 11) is 1.68. The van der Waals surface area contributed by atoms with Crippen LogP contribution in [0.25, 0.3) is 11.2 Å². The largest absolute Gasteiger partial charge is 0.490 e. The number of carboxylic acids is 1. The maximum atomic E-state index is 13.6. The predicted molar refractivity (Wildman–Crippen MR) is 140 cm³/mol. The second kappa shape index (κ2) is 11.4. The molecular formula is C26H32F4N6O4. The summed E-state index contributed by atoms with van der Waals surface area (Å²) in [5, 5.41) is 10.6. The van der Waals surface area contributed by atoms with Crippen molar-refractivity contribution in [3.63, 3.8) is 0 Å². The van der Waals surface area contributed by atoms with Crippen molar-refractivity contribution < 1.29 is 27.5 Å². The highest BCUT2D eigenvalue weighted by molar-refractivity contribution is 5.75. The molecule has 10 nitrogen and oxygen atoms in total. The van der Waals surface area contributed by atoms with Gasteiger partial charge in [-0.25, -0.2) is 14.0 Å². The Labute approximate surface area is 226 Å². The van der Waals surface area contributed by atoms with E-state index in [9.17, 15) is 27.2 Å². The fourth-order valence-electron chi connectivity index (χ4n) is 5.18. The molecule has 0 aliphatic carbocycles. The number of aliphatic carboxylic acids is 1. The highest BCUT2D eigenvalue weighted by Crippen LogP contribution is 2.33. The number of imidazole rings is 1. The number of aryl methyl sites for hydroxylation is 1. The van der Waals surface area contributed by atoms with Gasteiger partial charge in [-0.05, 0) is 42.4 Å². The number of halogens is 4. The molecule has 0 amide bonds. The normalized spacial score (nSPS) is 18.8. The topological polar surface area (TPSA) is 114 Å². The number of nitrogens with zero attached hydrogens (tertiary/aromatic N) is 5. The third-order valence-electron chi connectivity index (χ3n) is 7.34. The third-order valence-corrected chi connectivity index (χ3v) is 7.34. The standard InChI is InChI=1S/C24H31FN6O2.C2HF3O2/c1-15(2)8-10-30-22(32)20-21(28(3)24(30)33)27-23(29-11-9-17-12-26-13-19(17)29)31(20)14-16-4-6-18(25)7-5-16;3-2(4,5)1(6)7/h4-7,15,17,19,26H,8-14H2,1-3H3;(H,6,7). The van der Waals surface area contributed by atoms with E-state index in [2.05, 4.69) is 24.1 Å². The molecule has 2 aliphatic heterocycles. The smallest absolute Gasteiger partial charge is 0.475 e. The molecule has 4 heterocycles. The second-order valence-corrected chi connectivity index (χ2v) is 10.5. The quantitative estimate of drug-likeness (QED) is 0.440. The van der Waals surface area contributed by atoms with Gasteiger partial charge >= 0.3 is 17.8 Å². The van der Waals surface area contributed by atoms with Gasteiger partial charge in [0.25, 0.3) is 5.56 Å². The van der Waals surface area contributed by atoms with Gasteiger partial charge in [-0.1, -0.05) is 26.0 Å². The zero-order valence-corrected chi connectivity index (χ0v) is 22.4. The lowest BCUT2D eigenvalue weighted by Crippen LogP contribution is -2.40. The van der Waals surface area contributed by atoms with Crippen molar-refractivity contribution in [3.05, 3.63) is 56.5 Å². The molecule has 2 unspecified atom stereocenters. The highest BCUT2D eigenvalue weighted by Gasteiger charge is 2.40. The van der Waals surface area contributed by atoms with Gasteiger partial charge in [-0.3, -0.25) is 18.5 Å². The fraction of sp³-hybridized carbons (Fsp3) is 0.538. The first-order valence-corrected chi connectivity index (χ1v) is 13.0. The number of hydrogen-bond donors (Lipinski definition) is 2. The van der Waals surface area contributed by atoms with Gasteiger partial charge in [-0.2, -0.15) is 18.2 Å². The van der Waals surface area contributed by atoms with E-state index >= 15 is 0 Å². The highest BCUT2D eigenvalue weighted by atomic mass is 19.4. The maximum Gasteiger partial charge on any atom is 0.490 e. The summed E-state index contributed by atoms with van der Waals surface area (Å²) < 4.78 is 50.0. The molecule has 0 saturated carbocycles. The number of rotatable bonds is 6. The van der Waals surface area contributed by atoms with Crippen LogP contribution in [-0.2, 0) is 24.9 Å². The number of aromatic nitrogens is 4. The molecule has 2 aromatic heterocycles. The summed E-state index contributed by atoms with van der Waals surface area (Å²) >= 11 is 0. The van der Waals surface area contributed by atoms with Crippen LogP contribution < -0.4 is 21.5 Å². The van der Waals surface area contributed by atoms with Crippen molar-refractivity contribution >= 4 is 23.1 Å². The molecule has 2 atom stereocenters. The number of anilines is 1. The zero-order valence-electron chi connectivity index (χ0n) is 22.4. The number of benzene rings is 1. The number of carboxylic acid groups (broad SMARTS) is 1. The summed E-state index contributed by atoms with van der Waals surface area (Å²) in [6, 6.07) is 6.63. The first-order chi connectivity index (χ1) is 18.8. The van der Waals surface area contributed by atoms with E-state index in [-0.39, 0.29) is 17.1 Å². The maximum absolute atomic E-state index is 13.6. The Morgan fingerprint density at radius 3 is 2.40 bits per heavy atom. The molecule has 3 aromatic rings. The van der Waals surface area contributed by atoms with Gasteiger partial charge in [0, 0.05) is 39.3 Å². The second-order valence-electron chi connectivity index (χ2n) is 10.5. The molecule has 2 fully saturated rings. The van der Waals surface area contributed by atoms with Crippen molar-refractivity contribution in [3.8, 4) is 0 Å². The van der Waals surface area contributed by atoms with Gasteiger partial charge in [0.1, 0.15) is 5.82 Å². The number of carbonyl (C=O) groups is 1. The lowest BCUT2D eigenvalue weighted by atomic mass is 10.1. The van der Waals surface area contributed by atoms with Crippen LogP contribution in [0.5, 0.6) is 0 Å². The molecule has 5 rings (SSSR count). The molecule has 2 saturated heterocycles. The molecule has 2 N–H and O–H groups in total. The van der Waals surface area contributed by atoms with Gasteiger partial charge < -0.3 is 15.3 Å². The molecule has 218 valence electrons. The number of alkyl halides is 3. The monoisotopic (exact) mass is 568 g/mol. The Balaban J connectivity index is 0.000000470. The van der Waals surface area contributed by atoms with Crippen LogP contribution >= 0.6 is 0 Å². The third kappa shape index (κ3) is 5.91. The van der Waals surface area contributed by atoms with Gasteiger partial charge in [0.15, 0.2) is 11.2 Å². The van der Waals surface area contributed by atoms with Crippen molar-refractivity contribution in [1.29, 1.82) is 0 Å². The Morgan fingerprint density at radius 2 is 1.80 bits per heavy atom. The summed E-state index contributed by atoms with van der Waals surface area (Å²) in [4.78, 5) is 42.7. The van der Waals surface area contributed by atoms with Crippen molar-refractivity contribution in [1.82, 2.24) is 24.0 Å². The SMILES string of the molecule is CC(C)CCn1c(=O)c2c(nc(N3CCC4CNCC43)n2Cc2ccc(F)cc2)n(C)c1=O.O=C(O)C(F)(F)F. The molecule has 2 aliphatic rings. The molecule has 14 heteroatoms. The minimum absolute atomic E-state index is 0.299. The van der Waals surface area contributed by atoms with Crippen molar-refractivity contribution in [2.75, 3.05) is 24.5 Å². The van der Waals surface area contributed by atoms with Gasteiger partial charge in [0.05, 0.1) is 6.54 Å². The fourth-order valence-corrected chi connectivity index (χ4v) is 5.18. The molecule has 0 bridgehead atoms. The summed E-state index contributed by atoms with van der Waals surface area (Å²) in [6.45, 7) is 7.62. The minimum Gasteiger partial charge on any atom is -0.475 e. The molecule has 40 heavy (non-hydrogen) atoms. The van der Waals surface area contributed by atoms with Crippen LogP contribution in [0.1, 0.15) is 32.3 Å². The van der Waals surface area contributed by atoms with E-state index < -0.39 is 12.1 Å². The van der Waals surface area contributed by atoms with E-state index in [4.69, 9.17) is 14.9 Å². The Kier molecular flexibility index (Phi) is 8.38. The first kappa shape index (κ1) is 29.3. The summed E-state index contributed by atoms with van der Waals surface area (Å²) in [5.41, 5.74) is 1.05. The van der Waals surface area contributed by atoms with Crippen LogP contribution in [0, 0.1) is 17.7 Å². The van der Waals surface area contributed by atoms with E-state index in [1.54, 1.807) is 19.2 Å². The van der Waals surface area contributed by atoms with Gasteiger partial charge in [-0.15, -0.1) is 0 Å². The average molecular weight is 569 g/mol. The van der Waals surface area contributed by atoms with Crippen molar-refractivity contribution in [2.24, 2.45) is 18.9 Å². The lowest BCUT2D eigenvalue weighted by molar-refractivity contribution is -0.192. The van der Waals surface area contributed by atoms with Crippen LogP contribution in [-0.4, -0.2) is 61.6 Å². The first-order valence-electron chi connectivity index (χ1n) is 13.0. The van der Waals surface area contributed by atoms with Crippen molar-refractivity contribution in [2.45, 2.75) is 52.0 Å². The number of nitrogens with one attached hydrogen (secondary N) is 1. The van der Waals surface area contributed by atoms with E-state index in [0.29, 0.717) is 48.1 Å². The summed E-state index contributed by atoms with van der Waals surface area (Å²) in [6.07, 6.45) is -3.28. The van der Waals surface area contributed by atoms with Crippen LogP contribution in [0.3, 0.4) is 0 Å². The minimum atomic E-state index is -5.08. The molecule has 0 spiro atoms. The van der Waals surface area contributed by atoms with E-state index in [1.165, 1.54) is 21.3 Å². The van der Waals surface area contributed by atoms with Crippen LogP contribution in [0.2, 0.25) is 0 Å². The number of fused-ring (bicyclic) bond motifs is 2. The average Bonchev–Trinajstić information content (AvgIpc) is 3.59. The Morgan fingerprint density at radius 1 is 1.15 bits per heavy atom. The Bertz CT molecular complexity index is 1490. The van der Waals surface area contributed by atoms with E-state index in [1.807, 2.05) is 4.57 Å². The van der Waals surface area contributed by atoms with Crippen LogP contribution in [0.4, 0.5) is 23.5 Å². The predicted octanol–water partition coefficient (Wildman–Crippen LogP) is 2.56. The van der Waals surface area contributed by atoms with E-state index in [0.717, 1.165) is 38.0 Å².